The van der Waals surface area contributed by atoms with Crippen LogP contribution in [0.4, 0.5) is 0 Å². The van der Waals surface area contributed by atoms with Crippen LogP contribution in [-0.4, -0.2) is 59.9 Å². The lowest BCUT2D eigenvalue weighted by Gasteiger charge is -2.13. The van der Waals surface area contributed by atoms with Gasteiger partial charge in [-0.1, -0.05) is 42.1 Å². The Morgan fingerprint density at radius 2 is 1.62 bits per heavy atom. The lowest BCUT2D eigenvalue weighted by molar-refractivity contribution is -0.132. The summed E-state index contributed by atoms with van der Waals surface area (Å²) in [4.78, 5) is 24.0. The summed E-state index contributed by atoms with van der Waals surface area (Å²) in [7, 11) is 4.49. The van der Waals surface area contributed by atoms with Crippen LogP contribution in [0, 0.1) is 0 Å². The van der Waals surface area contributed by atoms with Crippen molar-refractivity contribution in [2.24, 2.45) is 5.10 Å². The zero-order valence-corrected chi connectivity index (χ0v) is 23.1. The normalized spacial score (nSPS) is 10.8. The monoisotopic (exact) mass is 561 g/mol. The van der Waals surface area contributed by atoms with Crippen LogP contribution >= 0.6 is 11.8 Å². The highest BCUT2D eigenvalue weighted by Gasteiger charge is 2.18. The molecule has 0 bridgehead atoms. The molecule has 0 saturated carbocycles. The smallest absolute Gasteiger partial charge is 0.308 e. The Morgan fingerprint density at radius 1 is 0.950 bits per heavy atom. The number of methoxy groups -OCH3 is 3. The quantitative estimate of drug-likeness (QED) is 0.0946. The summed E-state index contributed by atoms with van der Waals surface area (Å²) in [6, 6.07) is 20.4. The van der Waals surface area contributed by atoms with E-state index in [1.165, 1.54) is 39.1 Å². The molecule has 0 unspecified atom stereocenters. The number of aromatic nitrogens is 3. The first kappa shape index (κ1) is 28.2. The summed E-state index contributed by atoms with van der Waals surface area (Å²) in [6.45, 7) is 1.28. The fourth-order valence-electron chi connectivity index (χ4n) is 3.66. The number of ether oxygens (including phenoxy) is 4. The van der Waals surface area contributed by atoms with Crippen molar-refractivity contribution in [3.8, 4) is 40.1 Å². The van der Waals surface area contributed by atoms with E-state index >= 15 is 0 Å². The molecule has 1 N–H and O–H groups in total. The molecular weight excluding hydrogens is 534 g/mol. The van der Waals surface area contributed by atoms with Crippen molar-refractivity contribution < 1.29 is 28.5 Å². The minimum absolute atomic E-state index is 0.0401. The highest BCUT2D eigenvalue weighted by atomic mass is 32.2. The Balaban J connectivity index is 1.48. The third kappa shape index (κ3) is 6.77. The van der Waals surface area contributed by atoms with Crippen molar-refractivity contribution in [2.75, 3.05) is 27.1 Å². The standard InChI is InChI=1S/C28H27N5O6S/c1-18(34)39-26-23(37-3)14-19(15-24(26)38-4)16-29-30-25(35)17-40-28-32-31-27(20-8-6-5-7-9-20)33(28)21-10-12-22(36-2)13-11-21/h5-16H,17H2,1-4H3,(H,30,35)/b29-16-. The highest BCUT2D eigenvalue weighted by Crippen LogP contribution is 2.38. The van der Waals surface area contributed by atoms with Crippen molar-refractivity contribution in [1.82, 2.24) is 20.2 Å². The third-order valence-corrected chi connectivity index (χ3v) is 6.39. The van der Waals surface area contributed by atoms with Crippen LogP contribution in [0.5, 0.6) is 23.0 Å². The van der Waals surface area contributed by atoms with Crippen molar-refractivity contribution in [2.45, 2.75) is 12.1 Å². The number of benzene rings is 3. The molecule has 0 spiro atoms. The summed E-state index contributed by atoms with van der Waals surface area (Å²) < 4.78 is 23.0. The topological polar surface area (TPSA) is 126 Å². The first-order valence-electron chi connectivity index (χ1n) is 12.0. The fourth-order valence-corrected chi connectivity index (χ4v) is 4.41. The molecule has 11 nitrogen and oxygen atoms in total. The van der Waals surface area contributed by atoms with Gasteiger partial charge < -0.3 is 18.9 Å². The van der Waals surface area contributed by atoms with Crippen molar-refractivity contribution >= 4 is 29.9 Å². The fraction of sp³-hybridized carbons (Fsp3) is 0.179. The SMILES string of the molecule is COc1ccc(-n2c(SCC(=O)N/N=C\c3cc(OC)c(OC(C)=O)c(OC)c3)nnc2-c2ccccc2)cc1. The van der Waals surface area contributed by atoms with Gasteiger partial charge in [-0.15, -0.1) is 10.2 Å². The van der Waals surface area contributed by atoms with Gasteiger partial charge in [0.25, 0.3) is 5.91 Å². The average molecular weight is 562 g/mol. The molecule has 1 amide bonds. The summed E-state index contributed by atoms with van der Waals surface area (Å²) in [5.41, 5.74) is 4.78. The molecule has 4 aromatic rings. The van der Waals surface area contributed by atoms with Crippen LogP contribution < -0.4 is 24.4 Å². The van der Waals surface area contributed by atoms with Gasteiger partial charge in [0.15, 0.2) is 22.5 Å². The molecule has 0 aliphatic carbocycles. The molecular formula is C28H27N5O6S. The predicted octanol–water partition coefficient (Wildman–Crippen LogP) is 4.13. The van der Waals surface area contributed by atoms with Gasteiger partial charge in [0, 0.05) is 23.7 Å². The molecule has 0 atom stereocenters. The zero-order chi connectivity index (χ0) is 28.5. The second-order valence-electron chi connectivity index (χ2n) is 8.14. The maximum Gasteiger partial charge on any atom is 0.308 e. The number of rotatable bonds is 11. The maximum absolute atomic E-state index is 12.6. The lowest BCUT2D eigenvalue weighted by Crippen LogP contribution is -2.20. The van der Waals surface area contributed by atoms with Crippen LogP contribution in [0.1, 0.15) is 12.5 Å². The molecule has 0 aliphatic rings. The molecule has 12 heteroatoms. The number of amides is 1. The van der Waals surface area contributed by atoms with Gasteiger partial charge in [-0.25, -0.2) is 5.43 Å². The van der Waals surface area contributed by atoms with E-state index in [1.54, 1.807) is 19.2 Å². The maximum atomic E-state index is 12.6. The summed E-state index contributed by atoms with van der Waals surface area (Å²) in [6.07, 6.45) is 1.43. The lowest BCUT2D eigenvalue weighted by atomic mass is 10.2. The van der Waals surface area contributed by atoms with Crippen LogP contribution in [0.3, 0.4) is 0 Å². The molecule has 4 rings (SSSR count). The predicted molar refractivity (Wildman–Crippen MR) is 151 cm³/mol. The molecule has 206 valence electrons. The molecule has 0 radical (unpaired) electrons. The average Bonchev–Trinajstić information content (AvgIpc) is 3.40. The molecule has 3 aromatic carbocycles. The Bertz CT molecular complexity index is 1480. The second kappa shape index (κ2) is 13.3. The number of hydrogen-bond donors (Lipinski definition) is 1. The van der Waals surface area contributed by atoms with E-state index in [0.29, 0.717) is 16.5 Å². The largest absolute Gasteiger partial charge is 0.497 e. The number of thioether (sulfide) groups is 1. The molecule has 0 saturated heterocycles. The van der Waals surface area contributed by atoms with Crippen molar-refractivity contribution in [1.29, 1.82) is 0 Å². The van der Waals surface area contributed by atoms with Crippen LogP contribution in [-0.2, 0) is 9.59 Å². The van der Waals surface area contributed by atoms with Crippen LogP contribution in [0.15, 0.2) is 77.0 Å². The van der Waals surface area contributed by atoms with E-state index in [9.17, 15) is 9.59 Å². The molecule has 1 aromatic heterocycles. The van der Waals surface area contributed by atoms with E-state index < -0.39 is 5.97 Å². The van der Waals surface area contributed by atoms with Gasteiger partial charge in [0.2, 0.25) is 5.75 Å². The Labute approximate surface area is 235 Å². The number of nitrogens with zero attached hydrogens (tertiary/aromatic N) is 4. The summed E-state index contributed by atoms with van der Waals surface area (Å²) in [5, 5.41) is 13.3. The molecule has 40 heavy (non-hydrogen) atoms. The zero-order valence-electron chi connectivity index (χ0n) is 22.3. The van der Waals surface area contributed by atoms with E-state index in [0.717, 1.165) is 17.0 Å². The molecule has 1 heterocycles. The molecule has 0 fully saturated rings. The first-order chi connectivity index (χ1) is 19.4. The number of carbonyl (C=O) groups is 2. The van der Waals surface area contributed by atoms with Crippen molar-refractivity contribution in [3.63, 3.8) is 0 Å². The van der Waals surface area contributed by atoms with Crippen LogP contribution in [0.25, 0.3) is 17.1 Å². The first-order valence-corrected chi connectivity index (χ1v) is 13.0. The Morgan fingerprint density at radius 3 is 2.23 bits per heavy atom. The van der Waals surface area contributed by atoms with Gasteiger partial charge in [0.1, 0.15) is 5.75 Å². The van der Waals surface area contributed by atoms with Gasteiger partial charge in [0.05, 0.1) is 33.3 Å². The number of esters is 1. The highest BCUT2D eigenvalue weighted by molar-refractivity contribution is 7.99. The summed E-state index contributed by atoms with van der Waals surface area (Å²) >= 11 is 1.23. The van der Waals surface area contributed by atoms with Crippen molar-refractivity contribution in [3.05, 3.63) is 72.3 Å². The molecule has 0 aliphatic heterocycles. The van der Waals surface area contributed by atoms with Gasteiger partial charge in [-0.3, -0.25) is 14.2 Å². The van der Waals surface area contributed by atoms with Crippen LogP contribution in [0.2, 0.25) is 0 Å². The minimum atomic E-state index is -0.513. The van der Waals surface area contributed by atoms with E-state index in [4.69, 9.17) is 18.9 Å². The number of hydrazone groups is 1. The summed E-state index contributed by atoms with van der Waals surface area (Å²) in [5.74, 6) is 1.27. The number of nitrogens with one attached hydrogen (secondary N) is 1. The van der Waals surface area contributed by atoms with E-state index in [1.807, 2.05) is 59.2 Å². The number of carbonyl (C=O) groups excluding carboxylic acids is 2. The van der Waals surface area contributed by atoms with E-state index in [2.05, 4.69) is 20.7 Å². The number of hydrogen-bond acceptors (Lipinski definition) is 10. The Kier molecular flexibility index (Phi) is 9.36. The van der Waals surface area contributed by atoms with Gasteiger partial charge in [-0.2, -0.15) is 5.10 Å². The van der Waals surface area contributed by atoms with Gasteiger partial charge >= 0.3 is 5.97 Å². The van der Waals surface area contributed by atoms with Gasteiger partial charge in [-0.05, 0) is 36.4 Å². The minimum Gasteiger partial charge on any atom is -0.497 e. The Hall–Kier alpha value is -4.84. The third-order valence-electron chi connectivity index (χ3n) is 5.46. The van der Waals surface area contributed by atoms with E-state index in [-0.39, 0.29) is 28.9 Å². The second-order valence-corrected chi connectivity index (χ2v) is 9.08.